The second-order valence-electron chi connectivity index (χ2n) is 4.50. The van der Waals surface area contributed by atoms with Crippen LogP contribution in [-0.4, -0.2) is 30.7 Å². The van der Waals surface area contributed by atoms with E-state index in [0.29, 0.717) is 0 Å². The van der Waals surface area contributed by atoms with E-state index in [1.807, 2.05) is 19.1 Å². The summed E-state index contributed by atoms with van der Waals surface area (Å²) in [6, 6.07) is 3.46. The Morgan fingerprint density at radius 2 is 2.05 bits per heavy atom. The van der Waals surface area contributed by atoms with Crippen molar-refractivity contribution < 1.29 is 13.2 Å². The van der Waals surface area contributed by atoms with Gasteiger partial charge in [0.15, 0.2) is 0 Å². The number of hydrogen-bond donors (Lipinski definition) is 1. The fraction of sp³-hybridized carbons (Fsp3) is 0.667. The molecule has 1 rings (SSSR count). The Labute approximate surface area is 123 Å². The molecule has 0 saturated carbocycles. The normalized spacial score (nSPS) is 15.8. The third kappa shape index (κ3) is 5.41. The van der Waals surface area contributed by atoms with Crippen LogP contribution in [0.3, 0.4) is 0 Å². The second kappa shape index (κ2) is 7.06. The van der Waals surface area contributed by atoms with E-state index in [1.54, 1.807) is 11.9 Å². The molecule has 0 aliphatic carbocycles. The molecule has 0 spiro atoms. The maximum Gasteiger partial charge on any atom is 0.390 e. The molecule has 0 amide bonds. The molecule has 1 aromatic heterocycles. The van der Waals surface area contributed by atoms with Crippen LogP contribution in [0.2, 0.25) is 0 Å². The highest BCUT2D eigenvalue weighted by atomic mass is 79.9. The van der Waals surface area contributed by atoms with E-state index in [1.165, 1.54) is 11.3 Å². The third-order valence-corrected chi connectivity index (χ3v) is 4.68. The fourth-order valence-electron chi connectivity index (χ4n) is 1.91. The number of rotatable bonds is 6. The molecule has 1 aromatic rings. The van der Waals surface area contributed by atoms with Gasteiger partial charge in [-0.15, -0.1) is 11.3 Å². The van der Waals surface area contributed by atoms with Crippen LogP contribution in [0.25, 0.3) is 0 Å². The van der Waals surface area contributed by atoms with Gasteiger partial charge in [0.25, 0.3) is 0 Å². The molecular weight excluding hydrogens is 341 g/mol. The van der Waals surface area contributed by atoms with E-state index in [2.05, 4.69) is 15.9 Å². The summed E-state index contributed by atoms with van der Waals surface area (Å²) in [4.78, 5) is 2.69. The number of hydrogen-bond acceptors (Lipinski definition) is 3. The molecule has 0 aliphatic rings. The molecule has 2 unspecified atom stereocenters. The van der Waals surface area contributed by atoms with Crippen LogP contribution >= 0.6 is 27.3 Å². The van der Waals surface area contributed by atoms with Gasteiger partial charge in [-0.05, 0) is 41.5 Å². The molecule has 1 heterocycles. The highest BCUT2D eigenvalue weighted by Crippen LogP contribution is 2.33. The summed E-state index contributed by atoms with van der Waals surface area (Å²) >= 11 is 4.89. The van der Waals surface area contributed by atoms with Crippen LogP contribution in [0.5, 0.6) is 0 Å². The number of likely N-dealkylation sites (N-methyl/N-ethyl adjacent to an activating group) is 1. The van der Waals surface area contributed by atoms with Crippen molar-refractivity contribution >= 4 is 27.3 Å². The van der Waals surface area contributed by atoms with Crippen LogP contribution in [0, 0.1) is 0 Å². The van der Waals surface area contributed by atoms with Crippen molar-refractivity contribution in [1.29, 1.82) is 0 Å². The van der Waals surface area contributed by atoms with Gasteiger partial charge in [0, 0.05) is 17.5 Å². The minimum atomic E-state index is -4.13. The molecule has 2 atom stereocenters. The van der Waals surface area contributed by atoms with E-state index in [-0.39, 0.29) is 18.6 Å². The number of halogens is 4. The van der Waals surface area contributed by atoms with Gasteiger partial charge in [-0.3, -0.25) is 4.90 Å². The molecule has 0 bridgehead atoms. The first kappa shape index (κ1) is 16.9. The Bertz CT molecular complexity index is 395. The molecule has 2 nitrogen and oxygen atoms in total. The molecule has 0 radical (unpaired) electrons. The smallest absolute Gasteiger partial charge is 0.326 e. The SMILES string of the molecule is CCC(N)C(c1ccc(Br)s1)N(C)CCC(F)(F)F. The highest BCUT2D eigenvalue weighted by molar-refractivity contribution is 9.11. The minimum Gasteiger partial charge on any atom is -0.326 e. The zero-order chi connectivity index (χ0) is 14.6. The average Bonchev–Trinajstić information content (AvgIpc) is 2.72. The van der Waals surface area contributed by atoms with Gasteiger partial charge < -0.3 is 5.73 Å². The highest BCUT2D eigenvalue weighted by Gasteiger charge is 2.30. The van der Waals surface area contributed by atoms with Gasteiger partial charge in [-0.25, -0.2) is 0 Å². The summed E-state index contributed by atoms with van der Waals surface area (Å²) in [6.07, 6.45) is -4.23. The van der Waals surface area contributed by atoms with Crippen molar-refractivity contribution in [3.05, 3.63) is 20.8 Å². The lowest BCUT2D eigenvalue weighted by atomic mass is 10.0. The molecule has 0 saturated heterocycles. The summed E-state index contributed by atoms with van der Waals surface area (Å²) in [5, 5.41) is 0. The van der Waals surface area contributed by atoms with Crippen LogP contribution in [0.4, 0.5) is 13.2 Å². The Kier molecular flexibility index (Phi) is 6.29. The van der Waals surface area contributed by atoms with Crippen molar-refractivity contribution in [2.45, 2.75) is 38.0 Å². The maximum absolute atomic E-state index is 12.3. The lowest BCUT2D eigenvalue weighted by Crippen LogP contribution is -2.39. The van der Waals surface area contributed by atoms with Gasteiger partial charge in [-0.2, -0.15) is 13.2 Å². The van der Waals surface area contributed by atoms with Gasteiger partial charge in [0.05, 0.1) is 16.2 Å². The first-order valence-corrected chi connectivity index (χ1v) is 7.63. The first-order valence-electron chi connectivity index (χ1n) is 6.02. The number of alkyl halides is 3. The predicted octanol–water partition coefficient (Wildman–Crippen LogP) is 4.17. The summed E-state index contributed by atoms with van der Waals surface area (Å²) < 4.78 is 37.9. The van der Waals surface area contributed by atoms with Crippen LogP contribution in [-0.2, 0) is 0 Å². The van der Waals surface area contributed by atoms with Crippen LogP contribution < -0.4 is 5.73 Å². The lowest BCUT2D eigenvalue weighted by Gasteiger charge is -2.31. The Morgan fingerprint density at radius 3 is 2.47 bits per heavy atom. The largest absolute Gasteiger partial charge is 0.390 e. The van der Waals surface area contributed by atoms with Gasteiger partial charge in [0.1, 0.15) is 0 Å². The second-order valence-corrected chi connectivity index (χ2v) is 7.00. The van der Waals surface area contributed by atoms with E-state index >= 15 is 0 Å². The average molecular weight is 359 g/mol. The topological polar surface area (TPSA) is 29.3 Å². The maximum atomic E-state index is 12.3. The van der Waals surface area contributed by atoms with Crippen molar-refractivity contribution in [1.82, 2.24) is 4.90 Å². The molecule has 19 heavy (non-hydrogen) atoms. The monoisotopic (exact) mass is 358 g/mol. The molecule has 0 aromatic carbocycles. The van der Waals surface area contributed by atoms with Gasteiger partial charge in [-0.1, -0.05) is 6.92 Å². The molecule has 0 aliphatic heterocycles. The standard InChI is InChI=1S/C12H18BrF3N2S/c1-3-8(17)11(9-4-5-10(13)19-9)18(2)7-6-12(14,15)16/h4-5,8,11H,3,6-7,17H2,1-2H3. The molecular formula is C12H18BrF3N2S. The van der Waals surface area contributed by atoms with Crippen molar-refractivity contribution in [3.8, 4) is 0 Å². The minimum absolute atomic E-state index is 0.0443. The zero-order valence-electron chi connectivity index (χ0n) is 10.9. The number of nitrogens with zero attached hydrogens (tertiary/aromatic N) is 1. The van der Waals surface area contributed by atoms with Gasteiger partial charge in [0.2, 0.25) is 0 Å². The molecule has 110 valence electrons. The van der Waals surface area contributed by atoms with E-state index in [4.69, 9.17) is 5.73 Å². The fourth-order valence-corrected chi connectivity index (χ4v) is 3.57. The number of nitrogens with two attached hydrogens (primary N) is 1. The molecule has 7 heteroatoms. The summed E-state index contributed by atoms with van der Waals surface area (Å²) in [7, 11) is 1.69. The summed E-state index contributed by atoms with van der Waals surface area (Å²) in [5.41, 5.74) is 6.07. The van der Waals surface area contributed by atoms with Crippen LogP contribution in [0.1, 0.15) is 30.7 Å². The third-order valence-electron chi connectivity index (χ3n) is 2.99. The van der Waals surface area contributed by atoms with E-state index in [9.17, 15) is 13.2 Å². The quantitative estimate of drug-likeness (QED) is 0.826. The molecule has 0 fully saturated rings. The Morgan fingerprint density at radius 1 is 1.42 bits per heavy atom. The van der Waals surface area contributed by atoms with Crippen molar-refractivity contribution in [3.63, 3.8) is 0 Å². The molecule has 2 N–H and O–H groups in total. The van der Waals surface area contributed by atoms with Crippen molar-refractivity contribution in [2.75, 3.05) is 13.6 Å². The predicted molar refractivity (Wildman–Crippen MR) is 76.3 cm³/mol. The lowest BCUT2D eigenvalue weighted by molar-refractivity contribution is -0.138. The van der Waals surface area contributed by atoms with Gasteiger partial charge >= 0.3 is 6.18 Å². The van der Waals surface area contributed by atoms with Crippen LogP contribution in [0.15, 0.2) is 15.9 Å². The van der Waals surface area contributed by atoms with E-state index < -0.39 is 12.6 Å². The van der Waals surface area contributed by atoms with Crippen molar-refractivity contribution in [2.24, 2.45) is 5.73 Å². The zero-order valence-corrected chi connectivity index (χ0v) is 13.3. The summed E-state index contributed by atoms with van der Waals surface area (Å²) in [6.45, 7) is 1.90. The van der Waals surface area contributed by atoms with E-state index in [0.717, 1.165) is 15.1 Å². The Balaban J connectivity index is 2.80. The Hall–Kier alpha value is -0.110. The number of thiophene rings is 1. The summed E-state index contributed by atoms with van der Waals surface area (Å²) in [5.74, 6) is 0. The first-order chi connectivity index (χ1) is 8.74.